The maximum atomic E-state index is 11.2. The van der Waals surface area contributed by atoms with Gasteiger partial charge in [0.2, 0.25) is 0 Å². The second-order valence-corrected chi connectivity index (χ2v) is 5.21. The summed E-state index contributed by atoms with van der Waals surface area (Å²) in [6.07, 6.45) is 0.204. The zero-order valence-electron chi connectivity index (χ0n) is 12.3. The third-order valence-corrected chi connectivity index (χ3v) is 2.01. The van der Waals surface area contributed by atoms with Crippen LogP contribution < -0.4 is 0 Å². The van der Waals surface area contributed by atoms with Gasteiger partial charge in [-0.2, -0.15) is 0 Å². The number of rotatable bonds is 5. The van der Waals surface area contributed by atoms with Crippen molar-refractivity contribution in [1.29, 1.82) is 0 Å². The fraction of sp³-hybridized carbons (Fsp3) is 0.727. The Bertz CT molecular complexity index is 344. The van der Waals surface area contributed by atoms with Gasteiger partial charge < -0.3 is 14.2 Å². The van der Waals surface area contributed by atoms with Crippen LogP contribution >= 0.6 is 7.82 Å². The average Bonchev–Trinajstić information content (AvgIpc) is 2.23. The van der Waals surface area contributed by atoms with Gasteiger partial charge in [-0.15, -0.1) is 0 Å². The summed E-state index contributed by atoms with van der Waals surface area (Å²) in [4.78, 5) is 30.4. The Balaban J connectivity index is 0. The molecule has 0 fully saturated rings. The molecule has 19 heavy (non-hydrogen) atoms. The lowest BCUT2D eigenvalue weighted by Gasteiger charge is -2.12. The van der Waals surface area contributed by atoms with Crippen molar-refractivity contribution in [2.45, 2.75) is 27.2 Å². The predicted octanol–water partition coefficient (Wildman–Crippen LogP) is 1.52. The molecular formula is C11H24NO6P. The molecule has 0 bridgehead atoms. The van der Waals surface area contributed by atoms with Crippen LogP contribution in [0.5, 0.6) is 0 Å². The van der Waals surface area contributed by atoms with Gasteiger partial charge in [-0.1, -0.05) is 6.92 Å². The molecule has 8 heteroatoms. The molecule has 0 amide bonds. The minimum atomic E-state index is -4.62. The minimum absolute atomic E-state index is 0.0539. The van der Waals surface area contributed by atoms with E-state index in [0.29, 0.717) is 0 Å². The summed E-state index contributed by atoms with van der Waals surface area (Å²) in [6.45, 7) is 4.85. The van der Waals surface area contributed by atoms with Gasteiger partial charge >= 0.3 is 13.8 Å². The molecule has 0 rings (SSSR count). The van der Waals surface area contributed by atoms with Gasteiger partial charge in [0.1, 0.15) is 5.76 Å². The van der Waals surface area contributed by atoms with E-state index in [1.54, 1.807) is 13.8 Å². The summed E-state index contributed by atoms with van der Waals surface area (Å²) < 4.78 is 19.6. The van der Waals surface area contributed by atoms with Crippen molar-refractivity contribution in [3.63, 3.8) is 0 Å². The first-order chi connectivity index (χ1) is 8.55. The van der Waals surface area contributed by atoms with Crippen molar-refractivity contribution in [3.8, 4) is 0 Å². The van der Waals surface area contributed by atoms with Crippen LogP contribution in [0, 0.1) is 0 Å². The molecule has 0 aromatic heterocycles. The fourth-order valence-electron chi connectivity index (χ4n) is 0.895. The molecule has 0 aromatic carbocycles. The Kier molecular flexibility index (Phi) is 10.7. The van der Waals surface area contributed by atoms with E-state index in [2.05, 4.69) is 9.26 Å². The van der Waals surface area contributed by atoms with Gasteiger partial charge in [-0.05, 0) is 35.0 Å². The van der Waals surface area contributed by atoms with Crippen molar-refractivity contribution >= 4 is 13.8 Å². The molecule has 0 spiro atoms. The smallest absolute Gasteiger partial charge is 0.463 e. The quantitative estimate of drug-likeness (QED) is 0.344. The van der Waals surface area contributed by atoms with Crippen LogP contribution in [0.1, 0.15) is 27.2 Å². The molecule has 0 atom stereocenters. The maximum absolute atomic E-state index is 11.2. The van der Waals surface area contributed by atoms with Crippen molar-refractivity contribution in [2.75, 3.05) is 27.7 Å². The summed E-state index contributed by atoms with van der Waals surface area (Å²) in [6, 6.07) is 0. The molecule has 0 saturated heterocycles. The van der Waals surface area contributed by atoms with Gasteiger partial charge in [0.25, 0.3) is 0 Å². The SMILES string of the molecule is CCOC(=O)C(C)=C(CC)OP(=O)(O)O.CN(C)C. The molecule has 114 valence electrons. The second-order valence-electron chi connectivity index (χ2n) is 4.05. The summed E-state index contributed by atoms with van der Waals surface area (Å²) >= 11 is 0. The van der Waals surface area contributed by atoms with Crippen molar-refractivity contribution in [3.05, 3.63) is 11.3 Å². The van der Waals surface area contributed by atoms with E-state index in [9.17, 15) is 9.36 Å². The normalized spacial score (nSPS) is 12.3. The van der Waals surface area contributed by atoms with Crippen molar-refractivity contribution in [2.24, 2.45) is 0 Å². The first kappa shape index (κ1) is 20.4. The van der Waals surface area contributed by atoms with Gasteiger partial charge in [0, 0.05) is 6.42 Å². The molecule has 0 unspecified atom stereocenters. The number of phosphoric acid groups is 1. The molecule has 0 aliphatic rings. The summed E-state index contributed by atoms with van der Waals surface area (Å²) in [5.41, 5.74) is 0.0719. The van der Waals surface area contributed by atoms with Crippen molar-refractivity contribution < 1.29 is 28.4 Å². The number of carbonyl (C=O) groups is 1. The molecule has 0 aromatic rings. The molecule has 0 heterocycles. The van der Waals surface area contributed by atoms with E-state index in [1.807, 2.05) is 26.0 Å². The lowest BCUT2D eigenvalue weighted by molar-refractivity contribution is -0.138. The van der Waals surface area contributed by atoms with E-state index in [1.165, 1.54) is 6.92 Å². The van der Waals surface area contributed by atoms with Gasteiger partial charge in [0.15, 0.2) is 0 Å². The fourth-order valence-corrected chi connectivity index (χ4v) is 1.45. The van der Waals surface area contributed by atoms with E-state index < -0.39 is 13.8 Å². The number of esters is 1. The van der Waals surface area contributed by atoms with Crippen LogP contribution in [0.15, 0.2) is 11.3 Å². The van der Waals surface area contributed by atoms with Crippen LogP contribution in [-0.2, 0) is 18.6 Å². The monoisotopic (exact) mass is 297 g/mol. The van der Waals surface area contributed by atoms with Crippen LogP contribution in [0.2, 0.25) is 0 Å². The predicted molar refractivity (Wildman–Crippen MR) is 72.4 cm³/mol. The highest BCUT2D eigenvalue weighted by Crippen LogP contribution is 2.40. The van der Waals surface area contributed by atoms with E-state index in [0.717, 1.165) is 0 Å². The highest BCUT2D eigenvalue weighted by atomic mass is 31.2. The summed E-state index contributed by atoms with van der Waals surface area (Å²) in [5, 5.41) is 0. The number of phosphoric ester groups is 1. The number of ether oxygens (including phenoxy) is 1. The van der Waals surface area contributed by atoms with Crippen molar-refractivity contribution in [1.82, 2.24) is 4.90 Å². The molecule has 2 N–H and O–H groups in total. The Morgan fingerprint density at radius 2 is 1.63 bits per heavy atom. The van der Waals surface area contributed by atoms with Crippen LogP contribution in [0.25, 0.3) is 0 Å². The molecule has 7 nitrogen and oxygen atoms in total. The van der Waals surface area contributed by atoms with Gasteiger partial charge in [-0.3, -0.25) is 9.79 Å². The third-order valence-electron chi connectivity index (χ3n) is 1.55. The first-order valence-electron chi connectivity index (χ1n) is 5.78. The summed E-state index contributed by atoms with van der Waals surface area (Å²) in [7, 11) is 1.38. The zero-order valence-corrected chi connectivity index (χ0v) is 13.2. The molecule has 0 radical (unpaired) electrons. The molecule has 0 aliphatic heterocycles. The zero-order chi connectivity index (χ0) is 15.6. The topological polar surface area (TPSA) is 96.3 Å². The van der Waals surface area contributed by atoms with Gasteiger partial charge in [0.05, 0.1) is 12.2 Å². The summed E-state index contributed by atoms with van der Waals surface area (Å²) in [5.74, 6) is -0.690. The Morgan fingerprint density at radius 1 is 1.21 bits per heavy atom. The Hall–Kier alpha value is -0.880. The van der Waals surface area contributed by atoms with Crippen LogP contribution in [0.4, 0.5) is 0 Å². The highest BCUT2D eigenvalue weighted by Gasteiger charge is 2.21. The Labute approximate surface area is 114 Å². The third kappa shape index (κ3) is 13.4. The number of nitrogens with zero attached hydrogens (tertiary/aromatic N) is 1. The van der Waals surface area contributed by atoms with E-state index >= 15 is 0 Å². The lowest BCUT2D eigenvalue weighted by atomic mass is 10.2. The van der Waals surface area contributed by atoms with E-state index in [-0.39, 0.29) is 24.4 Å². The molecule has 0 saturated carbocycles. The van der Waals surface area contributed by atoms with E-state index in [4.69, 9.17) is 9.79 Å². The number of hydrogen-bond donors (Lipinski definition) is 2. The lowest BCUT2D eigenvalue weighted by Crippen LogP contribution is -2.08. The molecule has 0 aliphatic carbocycles. The van der Waals surface area contributed by atoms with Gasteiger partial charge in [-0.25, -0.2) is 9.36 Å². The standard InChI is InChI=1S/C8H15O6P.C3H9N/c1-4-7(14-15(10,11)12)6(3)8(9)13-5-2;1-4(2)3/h4-5H2,1-3H3,(H2,10,11,12);1-3H3. The number of allylic oxidation sites excluding steroid dienone is 1. The number of hydrogen-bond acceptors (Lipinski definition) is 5. The largest absolute Gasteiger partial charge is 0.524 e. The Morgan fingerprint density at radius 3 is 1.89 bits per heavy atom. The highest BCUT2D eigenvalue weighted by molar-refractivity contribution is 7.46. The van der Waals surface area contributed by atoms with Crippen LogP contribution in [-0.4, -0.2) is 48.4 Å². The second kappa shape index (κ2) is 9.97. The van der Waals surface area contributed by atoms with Crippen LogP contribution in [0.3, 0.4) is 0 Å². The average molecular weight is 297 g/mol. The number of carbonyl (C=O) groups excluding carboxylic acids is 1. The molecular weight excluding hydrogens is 273 g/mol. The minimum Gasteiger partial charge on any atom is -0.463 e. The maximum Gasteiger partial charge on any atom is 0.524 e. The first-order valence-corrected chi connectivity index (χ1v) is 7.31.